The van der Waals surface area contributed by atoms with Crippen molar-refractivity contribution >= 4 is 22.4 Å². The SMILES string of the molecule is Cl.Cn1cc(S(=O)(=O)N2C[C@@H](N)[C@H](c3ccccc3)C2)cn1. The quantitative estimate of drug-likeness (QED) is 0.900. The maximum Gasteiger partial charge on any atom is 0.246 e. The van der Waals surface area contributed by atoms with E-state index < -0.39 is 10.0 Å². The van der Waals surface area contributed by atoms with Gasteiger partial charge in [-0.3, -0.25) is 4.68 Å². The second-order valence-electron chi connectivity index (χ2n) is 5.35. The average molecular weight is 343 g/mol. The molecule has 0 amide bonds. The molecule has 22 heavy (non-hydrogen) atoms. The summed E-state index contributed by atoms with van der Waals surface area (Å²) in [5.41, 5.74) is 7.23. The molecule has 1 fully saturated rings. The Balaban J connectivity index is 0.00000176. The van der Waals surface area contributed by atoms with Crippen LogP contribution in [-0.4, -0.2) is 41.6 Å². The van der Waals surface area contributed by atoms with E-state index in [1.165, 1.54) is 21.4 Å². The molecule has 0 spiro atoms. The second kappa shape index (κ2) is 6.37. The van der Waals surface area contributed by atoms with Crippen LogP contribution in [0.1, 0.15) is 11.5 Å². The number of aryl methyl sites for hydroxylation is 1. The Morgan fingerprint density at radius 1 is 1.23 bits per heavy atom. The number of nitrogens with two attached hydrogens (primary N) is 1. The van der Waals surface area contributed by atoms with Gasteiger partial charge in [0.15, 0.2) is 0 Å². The van der Waals surface area contributed by atoms with Crippen LogP contribution in [0.3, 0.4) is 0 Å². The van der Waals surface area contributed by atoms with Crippen LogP contribution >= 0.6 is 12.4 Å². The molecule has 1 aliphatic heterocycles. The number of rotatable bonds is 3. The molecule has 0 bridgehead atoms. The summed E-state index contributed by atoms with van der Waals surface area (Å²) in [4.78, 5) is 0.214. The van der Waals surface area contributed by atoms with Gasteiger partial charge in [0, 0.05) is 38.3 Å². The fraction of sp³-hybridized carbons (Fsp3) is 0.357. The third-order valence-electron chi connectivity index (χ3n) is 3.88. The number of hydrogen-bond donors (Lipinski definition) is 1. The second-order valence-corrected chi connectivity index (χ2v) is 7.29. The lowest BCUT2D eigenvalue weighted by atomic mass is 9.95. The number of hydrogen-bond acceptors (Lipinski definition) is 4. The molecule has 2 aromatic rings. The topological polar surface area (TPSA) is 81.2 Å². The fourth-order valence-electron chi connectivity index (χ4n) is 2.72. The molecule has 3 rings (SSSR count). The van der Waals surface area contributed by atoms with Crippen LogP contribution in [0.25, 0.3) is 0 Å². The molecule has 0 saturated carbocycles. The molecule has 120 valence electrons. The minimum absolute atomic E-state index is 0. The minimum atomic E-state index is -3.52. The van der Waals surface area contributed by atoms with Crippen molar-refractivity contribution in [2.75, 3.05) is 13.1 Å². The largest absolute Gasteiger partial charge is 0.326 e. The highest BCUT2D eigenvalue weighted by Gasteiger charge is 2.38. The van der Waals surface area contributed by atoms with Crippen LogP contribution in [-0.2, 0) is 17.1 Å². The Morgan fingerprint density at radius 3 is 2.50 bits per heavy atom. The summed E-state index contributed by atoms with van der Waals surface area (Å²) in [6.07, 6.45) is 2.88. The molecule has 1 aromatic heterocycles. The lowest BCUT2D eigenvalue weighted by molar-refractivity contribution is 0.470. The van der Waals surface area contributed by atoms with Gasteiger partial charge in [0.25, 0.3) is 0 Å². The van der Waals surface area contributed by atoms with Crippen LogP contribution in [0.15, 0.2) is 47.6 Å². The van der Waals surface area contributed by atoms with Gasteiger partial charge >= 0.3 is 0 Å². The molecular formula is C14H19ClN4O2S. The highest BCUT2D eigenvalue weighted by molar-refractivity contribution is 7.89. The number of benzene rings is 1. The van der Waals surface area contributed by atoms with E-state index in [2.05, 4.69) is 5.10 Å². The van der Waals surface area contributed by atoms with Gasteiger partial charge in [-0.25, -0.2) is 8.42 Å². The van der Waals surface area contributed by atoms with Crippen LogP contribution in [0.5, 0.6) is 0 Å². The Morgan fingerprint density at radius 2 is 1.91 bits per heavy atom. The minimum Gasteiger partial charge on any atom is -0.326 e. The highest BCUT2D eigenvalue weighted by Crippen LogP contribution is 2.30. The molecule has 6 nitrogen and oxygen atoms in total. The Labute approximate surface area is 136 Å². The van der Waals surface area contributed by atoms with Crippen LogP contribution < -0.4 is 5.73 Å². The van der Waals surface area contributed by atoms with Crippen molar-refractivity contribution in [1.29, 1.82) is 0 Å². The van der Waals surface area contributed by atoms with Crippen molar-refractivity contribution < 1.29 is 8.42 Å². The summed E-state index contributed by atoms with van der Waals surface area (Å²) in [7, 11) is -1.83. The molecule has 0 radical (unpaired) electrons. The molecule has 2 N–H and O–H groups in total. The van der Waals surface area contributed by atoms with Crippen LogP contribution in [0, 0.1) is 0 Å². The zero-order chi connectivity index (χ0) is 15.0. The first kappa shape index (κ1) is 17.0. The Bertz CT molecular complexity index is 732. The fourth-order valence-corrected chi connectivity index (χ4v) is 4.21. The number of sulfonamides is 1. The summed E-state index contributed by atoms with van der Waals surface area (Å²) >= 11 is 0. The third kappa shape index (κ3) is 3.03. The maximum atomic E-state index is 12.6. The van der Waals surface area contributed by atoms with Crippen molar-refractivity contribution in [1.82, 2.24) is 14.1 Å². The molecule has 1 saturated heterocycles. The van der Waals surface area contributed by atoms with E-state index in [9.17, 15) is 8.42 Å². The van der Waals surface area contributed by atoms with Crippen molar-refractivity contribution in [2.24, 2.45) is 12.8 Å². The van der Waals surface area contributed by atoms with Crippen molar-refractivity contribution in [3.05, 3.63) is 48.3 Å². The van der Waals surface area contributed by atoms with E-state index in [4.69, 9.17) is 5.73 Å². The molecule has 2 atom stereocenters. The Hall–Kier alpha value is -1.41. The van der Waals surface area contributed by atoms with Crippen LogP contribution in [0.2, 0.25) is 0 Å². The number of halogens is 1. The van der Waals surface area contributed by atoms with E-state index in [0.717, 1.165) is 5.56 Å². The summed E-state index contributed by atoms with van der Waals surface area (Å²) in [5, 5.41) is 3.93. The molecule has 1 aromatic carbocycles. The lowest BCUT2D eigenvalue weighted by Gasteiger charge is -2.15. The van der Waals surface area contributed by atoms with Crippen LogP contribution in [0.4, 0.5) is 0 Å². The summed E-state index contributed by atoms with van der Waals surface area (Å²) in [6, 6.07) is 9.61. The van der Waals surface area contributed by atoms with E-state index >= 15 is 0 Å². The highest BCUT2D eigenvalue weighted by atomic mass is 35.5. The van der Waals surface area contributed by atoms with Crippen molar-refractivity contribution in [3.8, 4) is 0 Å². The predicted molar refractivity (Wildman–Crippen MR) is 86.4 cm³/mol. The molecule has 2 heterocycles. The van der Waals surface area contributed by atoms with Gasteiger partial charge in [-0.15, -0.1) is 12.4 Å². The monoisotopic (exact) mass is 342 g/mol. The normalized spacial score (nSPS) is 22.5. The van der Waals surface area contributed by atoms with Gasteiger partial charge in [0.05, 0.1) is 6.20 Å². The van der Waals surface area contributed by atoms with Crippen molar-refractivity contribution in [3.63, 3.8) is 0 Å². The first-order chi connectivity index (χ1) is 9.98. The lowest BCUT2D eigenvalue weighted by Crippen LogP contribution is -2.32. The number of aromatic nitrogens is 2. The molecule has 0 aliphatic carbocycles. The summed E-state index contributed by atoms with van der Waals surface area (Å²) in [6.45, 7) is 0.735. The third-order valence-corrected chi connectivity index (χ3v) is 5.66. The molecular weight excluding hydrogens is 324 g/mol. The molecule has 1 aliphatic rings. The van der Waals surface area contributed by atoms with Gasteiger partial charge in [-0.05, 0) is 5.56 Å². The zero-order valence-corrected chi connectivity index (χ0v) is 13.8. The number of nitrogens with zero attached hydrogens (tertiary/aromatic N) is 3. The first-order valence-corrected chi connectivity index (χ1v) is 8.22. The average Bonchev–Trinajstić information content (AvgIpc) is 3.07. The van der Waals surface area contributed by atoms with Gasteiger partial charge in [0.2, 0.25) is 10.0 Å². The van der Waals surface area contributed by atoms with Gasteiger partial charge in [0.1, 0.15) is 4.90 Å². The van der Waals surface area contributed by atoms with Gasteiger partial charge in [-0.1, -0.05) is 30.3 Å². The van der Waals surface area contributed by atoms with E-state index in [1.54, 1.807) is 7.05 Å². The maximum absolute atomic E-state index is 12.6. The van der Waals surface area contributed by atoms with Gasteiger partial charge in [-0.2, -0.15) is 9.40 Å². The zero-order valence-electron chi connectivity index (χ0n) is 12.2. The Kier molecular flexibility index (Phi) is 4.91. The molecule has 0 unspecified atom stereocenters. The van der Waals surface area contributed by atoms with Crippen molar-refractivity contribution in [2.45, 2.75) is 16.9 Å². The molecule has 8 heteroatoms. The van der Waals surface area contributed by atoms with E-state index in [0.29, 0.717) is 13.1 Å². The van der Waals surface area contributed by atoms with Gasteiger partial charge < -0.3 is 5.73 Å². The summed E-state index contributed by atoms with van der Waals surface area (Å²) < 4.78 is 28.1. The predicted octanol–water partition coefficient (Wildman–Crippen LogP) is 0.957. The van der Waals surface area contributed by atoms with E-state index in [-0.39, 0.29) is 29.3 Å². The smallest absolute Gasteiger partial charge is 0.246 e. The standard InChI is InChI=1S/C14H18N4O2S.ClH/c1-17-8-12(7-16-17)21(19,20)18-9-13(14(15)10-18)11-5-3-2-4-6-11;/h2-8,13-14H,9-10,15H2,1H3;1H/t13-,14+;/m0./s1. The first-order valence-electron chi connectivity index (χ1n) is 6.78. The summed E-state index contributed by atoms with van der Waals surface area (Å²) in [5.74, 6) is 0.0256. The van der Waals surface area contributed by atoms with E-state index in [1.807, 2.05) is 30.3 Å².